The van der Waals surface area contributed by atoms with E-state index in [0.29, 0.717) is 18.5 Å². The molecule has 2 heterocycles. The molecule has 0 spiro atoms. The Balaban J connectivity index is 1.74. The van der Waals surface area contributed by atoms with Crippen LogP contribution in [0.2, 0.25) is 0 Å². The maximum absolute atomic E-state index is 13.2. The van der Waals surface area contributed by atoms with E-state index in [1.165, 1.54) is 9.80 Å². The second kappa shape index (κ2) is 11.9. The third kappa shape index (κ3) is 6.87. The van der Waals surface area contributed by atoms with Crippen LogP contribution in [0, 0.1) is 0 Å². The topological polar surface area (TPSA) is 142 Å². The van der Waals surface area contributed by atoms with Crippen molar-refractivity contribution in [3.63, 3.8) is 0 Å². The molecular formula is C23H30N5O6S-. The van der Waals surface area contributed by atoms with Crippen LogP contribution >= 0.6 is 11.8 Å². The van der Waals surface area contributed by atoms with Crippen molar-refractivity contribution in [2.75, 3.05) is 56.7 Å². The summed E-state index contributed by atoms with van der Waals surface area (Å²) < 4.78 is 0. The van der Waals surface area contributed by atoms with Crippen molar-refractivity contribution in [2.24, 2.45) is 0 Å². The van der Waals surface area contributed by atoms with Gasteiger partial charge in [-0.3, -0.25) is 19.2 Å². The molecule has 2 fully saturated rings. The molecule has 2 N–H and O–H groups in total. The highest BCUT2D eigenvalue weighted by atomic mass is 32.2. The normalized spacial score (nSPS) is 20.1. The number of piperazine rings is 1. The molecule has 0 radical (unpaired) electrons. The minimum absolute atomic E-state index is 0.0364. The molecule has 12 heteroatoms. The van der Waals surface area contributed by atoms with E-state index in [1.54, 1.807) is 12.1 Å². The molecule has 0 unspecified atom stereocenters. The molecule has 190 valence electrons. The lowest BCUT2D eigenvalue weighted by Crippen LogP contribution is -2.64. The highest BCUT2D eigenvalue weighted by Gasteiger charge is 2.38. The van der Waals surface area contributed by atoms with Gasteiger partial charge in [0.1, 0.15) is 12.1 Å². The largest absolute Gasteiger partial charge is 0.549 e. The lowest BCUT2D eigenvalue weighted by Gasteiger charge is -2.41. The number of anilines is 1. The van der Waals surface area contributed by atoms with E-state index in [4.69, 9.17) is 0 Å². The number of piperidine rings is 1. The number of rotatable bonds is 8. The number of carboxylic acids is 1. The fourth-order valence-corrected chi connectivity index (χ4v) is 4.67. The number of carboxylic acid groups (broad SMARTS) is 1. The van der Waals surface area contributed by atoms with E-state index in [1.807, 2.05) is 31.1 Å². The number of carbonyl (C=O) groups is 5. The lowest BCUT2D eigenvalue weighted by atomic mass is 10.0. The Bertz CT molecular complexity index is 970. The van der Waals surface area contributed by atoms with Gasteiger partial charge in [-0.05, 0) is 37.1 Å². The Morgan fingerprint density at radius 1 is 1.14 bits per heavy atom. The molecule has 1 aromatic carbocycles. The number of nitrogens with one attached hydrogen (secondary N) is 2. The van der Waals surface area contributed by atoms with E-state index >= 15 is 0 Å². The van der Waals surface area contributed by atoms with E-state index in [-0.39, 0.29) is 43.0 Å². The average Bonchev–Trinajstić information content (AvgIpc) is 2.84. The van der Waals surface area contributed by atoms with Crippen LogP contribution < -0.4 is 20.6 Å². The molecule has 0 bridgehead atoms. The summed E-state index contributed by atoms with van der Waals surface area (Å²) in [6.07, 6.45) is 1.21. The smallest absolute Gasteiger partial charge is 0.254 e. The minimum Gasteiger partial charge on any atom is -0.549 e. The molecule has 2 atom stereocenters. The van der Waals surface area contributed by atoms with Gasteiger partial charge in [-0.2, -0.15) is 0 Å². The summed E-state index contributed by atoms with van der Waals surface area (Å²) in [5.74, 6) is -3.24. The predicted molar refractivity (Wildman–Crippen MR) is 129 cm³/mol. The van der Waals surface area contributed by atoms with Gasteiger partial charge < -0.3 is 35.2 Å². The van der Waals surface area contributed by atoms with Crippen LogP contribution in [0.3, 0.4) is 0 Å². The summed E-state index contributed by atoms with van der Waals surface area (Å²) in [7, 11) is 3.79. The first-order valence-corrected chi connectivity index (χ1v) is 12.5. The van der Waals surface area contributed by atoms with Crippen molar-refractivity contribution >= 4 is 47.0 Å². The molecule has 0 saturated carbocycles. The van der Waals surface area contributed by atoms with Crippen LogP contribution in [0.1, 0.15) is 23.2 Å². The molecule has 0 aliphatic carbocycles. The first kappa shape index (κ1) is 26.3. The highest BCUT2D eigenvalue weighted by molar-refractivity contribution is 8.00. The number of hydrogen-bond donors (Lipinski definition) is 2. The molecule has 2 aliphatic rings. The number of aliphatic carboxylic acids is 1. The van der Waals surface area contributed by atoms with Gasteiger partial charge in [0.15, 0.2) is 0 Å². The Morgan fingerprint density at radius 3 is 2.49 bits per heavy atom. The highest BCUT2D eigenvalue weighted by Crippen LogP contribution is 2.18. The molecule has 11 nitrogen and oxygen atoms in total. The van der Waals surface area contributed by atoms with Crippen molar-refractivity contribution in [1.29, 1.82) is 0 Å². The summed E-state index contributed by atoms with van der Waals surface area (Å²) in [6.45, 7) is 0.842. The Kier molecular flexibility index (Phi) is 8.96. The zero-order valence-electron chi connectivity index (χ0n) is 19.8. The van der Waals surface area contributed by atoms with Crippen molar-refractivity contribution in [3.8, 4) is 0 Å². The molecule has 1 aromatic rings. The summed E-state index contributed by atoms with van der Waals surface area (Å²) in [6, 6.07) is 5.38. The fraction of sp³-hybridized carbons (Fsp3) is 0.522. The summed E-state index contributed by atoms with van der Waals surface area (Å²) in [4.78, 5) is 66.8. The van der Waals surface area contributed by atoms with Crippen LogP contribution in [0.4, 0.5) is 5.69 Å². The molecule has 35 heavy (non-hydrogen) atoms. The SMILES string of the molecule is CN(C)c1ccc(C(=O)N2CCN(C(=O)CSCC(=O)[O-])[C@@H](C(=O)N[C@H]3CCCNC3=O)C2)cc1. The molecule has 2 saturated heterocycles. The molecule has 4 amide bonds. The van der Waals surface area contributed by atoms with Gasteiger partial charge in [-0.1, -0.05) is 0 Å². The third-order valence-electron chi connectivity index (χ3n) is 5.97. The zero-order chi connectivity index (χ0) is 25.5. The number of thioether (sulfide) groups is 1. The van der Waals surface area contributed by atoms with E-state index in [0.717, 1.165) is 23.9 Å². The van der Waals surface area contributed by atoms with Gasteiger partial charge in [0.05, 0.1) is 18.3 Å². The second-order valence-electron chi connectivity index (χ2n) is 8.65. The first-order chi connectivity index (χ1) is 16.7. The maximum Gasteiger partial charge on any atom is 0.254 e. The minimum atomic E-state index is -1.28. The van der Waals surface area contributed by atoms with Crippen LogP contribution in [-0.4, -0.2) is 103 Å². The molecular weight excluding hydrogens is 474 g/mol. The van der Waals surface area contributed by atoms with E-state index in [2.05, 4.69) is 10.6 Å². The van der Waals surface area contributed by atoms with Crippen LogP contribution in [0.5, 0.6) is 0 Å². The lowest BCUT2D eigenvalue weighted by molar-refractivity contribution is -0.301. The standard InChI is InChI=1S/C23H31N5O6S/c1-26(2)16-7-5-15(6-8-16)23(34)27-10-11-28(19(29)13-35-14-20(30)31)18(12-27)22(33)25-17-4-3-9-24-21(17)32/h5-8,17-18H,3-4,9-14H2,1-2H3,(H,24,32)(H,25,33)(H,30,31)/p-1/t17-,18+/m0/s1. The number of hydrogen-bond acceptors (Lipinski definition) is 8. The van der Waals surface area contributed by atoms with Crippen molar-refractivity contribution in [2.45, 2.75) is 24.9 Å². The number of amides is 4. The van der Waals surface area contributed by atoms with Crippen LogP contribution in [0.15, 0.2) is 24.3 Å². The van der Waals surface area contributed by atoms with Gasteiger partial charge in [0.25, 0.3) is 5.91 Å². The van der Waals surface area contributed by atoms with Gasteiger partial charge in [0, 0.05) is 50.7 Å². The fourth-order valence-electron chi connectivity index (χ4n) is 4.06. The van der Waals surface area contributed by atoms with Crippen molar-refractivity contribution < 1.29 is 29.1 Å². The van der Waals surface area contributed by atoms with E-state index in [9.17, 15) is 29.1 Å². The summed E-state index contributed by atoms with van der Waals surface area (Å²) in [5.41, 5.74) is 1.40. The number of nitrogens with zero attached hydrogens (tertiary/aromatic N) is 3. The van der Waals surface area contributed by atoms with Gasteiger partial charge in [-0.15, -0.1) is 11.8 Å². The predicted octanol–water partition coefficient (Wildman–Crippen LogP) is -1.72. The second-order valence-corrected chi connectivity index (χ2v) is 9.64. The monoisotopic (exact) mass is 504 g/mol. The number of benzene rings is 1. The Hall–Kier alpha value is -3.28. The number of carbonyl (C=O) groups excluding carboxylic acids is 5. The van der Waals surface area contributed by atoms with Crippen molar-refractivity contribution in [1.82, 2.24) is 20.4 Å². The molecule has 0 aromatic heterocycles. The zero-order valence-corrected chi connectivity index (χ0v) is 20.6. The third-order valence-corrected chi connectivity index (χ3v) is 6.86. The van der Waals surface area contributed by atoms with Gasteiger partial charge in [0.2, 0.25) is 17.7 Å². The Labute approximate surface area is 208 Å². The van der Waals surface area contributed by atoms with Crippen LogP contribution in [-0.2, 0) is 19.2 Å². The molecule has 3 rings (SSSR count). The average molecular weight is 505 g/mol. The van der Waals surface area contributed by atoms with E-state index < -0.39 is 29.9 Å². The maximum atomic E-state index is 13.2. The van der Waals surface area contributed by atoms with Gasteiger partial charge in [-0.25, -0.2) is 0 Å². The summed E-state index contributed by atoms with van der Waals surface area (Å²) in [5, 5.41) is 16.1. The van der Waals surface area contributed by atoms with Gasteiger partial charge >= 0.3 is 0 Å². The first-order valence-electron chi connectivity index (χ1n) is 11.4. The summed E-state index contributed by atoms with van der Waals surface area (Å²) >= 11 is 0.887. The van der Waals surface area contributed by atoms with Crippen molar-refractivity contribution in [3.05, 3.63) is 29.8 Å². The van der Waals surface area contributed by atoms with Crippen LogP contribution in [0.25, 0.3) is 0 Å². The Morgan fingerprint density at radius 2 is 1.86 bits per heavy atom. The quantitative estimate of drug-likeness (QED) is 0.426. The molecule has 2 aliphatic heterocycles.